The summed E-state index contributed by atoms with van der Waals surface area (Å²) in [5.74, 6) is 0.340. The van der Waals surface area contributed by atoms with Crippen LogP contribution in [-0.2, 0) is 0 Å². The third-order valence-corrected chi connectivity index (χ3v) is 3.56. The van der Waals surface area contributed by atoms with E-state index < -0.39 is 6.10 Å². The highest BCUT2D eigenvalue weighted by Crippen LogP contribution is 2.31. The molecule has 0 aliphatic carbocycles. The number of hydrogen-bond acceptors (Lipinski definition) is 2. The molecule has 16 heavy (non-hydrogen) atoms. The van der Waals surface area contributed by atoms with Crippen molar-refractivity contribution in [2.24, 2.45) is 17.6 Å². The van der Waals surface area contributed by atoms with Crippen LogP contribution in [0.25, 0.3) is 0 Å². The van der Waals surface area contributed by atoms with Gasteiger partial charge in [0.2, 0.25) is 0 Å². The monoisotopic (exact) mass is 261 g/mol. The van der Waals surface area contributed by atoms with E-state index in [1.54, 1.807) is 18.2 Å². The Bertz CT molecular complexity index is 355. The van der Waals surface area contributed by atoms with Gasteiger partial charge in [-0.2, -0.15) is 0 Å². The predicted octanol–water partition coefficient (Wildman–Crippen LogP) is 3.26. The topological polar surface area (TPSA) is 46.2 Å². The molecule has 0 saturated heterocycles. The summed E-state index contributed by atoms with van der Waals surface area (Å²) in [6.45, 7) is 4.52. The Morgan fingerprint density at radius 3 is 2.31 bits per heavy atom. The van der Waals surface area contributed by atoms with Gasteiger partial charge in [0.15, 0.2) is 0 Å². The van der Waals surface area contributed by atoms with E-state index in [4.69, 9.17) is 28.9 Å². The van der Waals surface area contributed by atoms with Gasteiger partial charge in [-0.1, -0.05) is 43.1 Å². The molecule has 2 atom stereocenters. The highest BCUT2D eigenvalue weighted by atomic mass is 35.5. The van der Waals surface area contributed by atoms with Crippen molar-refractivity contribution in [3.8, 4) is 0 Å². The molecule has 3 N–H and O–H groups in total. The molecule has 2 nitrogen and oxygen atoms in total. The van der Waals surface area contributed by atoms with Gasteiger partial charge < -0.3 is 10.8 Å². The summed E-state index contributed by atoms with van der Waals surface area (Å²) >= 11 is 11.7. The first-order chi connectivity index (χ1) is 7.47. The van der Waals surface area contributed by atoms with Crippen LogP contribution in [0.5, 0.6) is 0 Å². The highest BCUT2D eigenvalue weighted by molar-refractivity contribution is 6.42. The van der Waals surface area contributed by atoms with Crippen LogP contribution >= 0.6 is 23.2 Å². The fourth-order valence-corrected chi connectivity index (χ4v) is 2.02. The molecule has 1 aromatic rings. The number of aliphatic hydroxyl groups excluding tert-OH is 1. The van der Waals surface area contributed by atoms with Crippen LogP contribution in [0.3, 0.4) is 0 Å². The third-order valence-electron chi connectivity index (χ3n) is 2.82. The molecule has 4 heteroatoms. The summed E-state index contributed by atoms with van der Waals surface area (Å²) in [6.07, 6.45) is -0.597. The van der Waals surface area contributed by atoms with Gasteiger partial charge in [-0.25, -0.2) is 0 Å². The fraction of sp³-hybridized carbons (Fsp3) is 0.500. The van der Waals surface area contributed by atoms with E-state index in [0.29, 0.717) is 22.5 Å². The molecule has 0 aliphatic heterocycles. The second kappa shape index (κ2) is 5.87. The van der Waals surface area contributed by atoms with Gasteiger partial charge in [-0.05, 0) is 30.2 Å². The van der Waals surface area contributed by atoms with Gasteiger partial charge in [0.25, 0.3) is 0 Å². The zero-order chi connectivity index (χ0) is 12.3. The maximum absolute atomic E-state index is 10.2. The first kappa shape index (κ1) is 13.8. The van der Waals surface area contributed by atoms with Crippen LogP contribution in [0, 0.1) is 11.8 Å². The van der Waals surface area contributed by atoms with Crippen LogP contribution < -0.4 is 5.73 Å². The van der Waals surface area contributed by atoms with E-state index in [1.807, 2.05) is 13.8 Å². The van der Waals surface area contributed by atoms with Crippen LogP contribution in [0.1, 0.15) is 25.5 Å². The molecular formula is C12H17Cl2NO. The molecule has 1 rings (SSSR count). The van der Waals surface area contributed by atoms with Gasteiger partial charge in [-0.15, -0.1) is 0 Å². The minimum atomic E-state index is -0.597. The first-order valence-corrected chi connectivity index (χ1v) is 6.06. The average Bonchev–Trinajstić information content (AvgIpc) is 2.22. The normalized spacial score (nSPS) is 15.2. The fourth-order valence-electron chi connectivity index (χ4n) is 1.71. The summed E-state index contributed by atoms with van der Waals surface area (Å²) in [5, 5.41) is 11.1. The Balaban J connectivity index is 2.94. The van der Waals surface area contributed by atoms with Gasteiger partial charge >= 0.3 is 0 Å². The minimum Gasteiger partial charge on any atom is -0.388 e. The first-order valence-electron chi connectivity index (χ1n) is 5.30. The lowest BCUT2D eigenvalue weighted by molar-refractivity contribution is 0.0861. The Kier molecular flexibility index (Phi) is 5.06. The lowest BCUT2D eigenvalue weighted by Crippen LogP contribution is -2.26. The number of nitrogens with two attached hydrogens (primary N) is 1. The Morgan fingerprint density at radius 1 is 1.25 bits per heavy atom. The Labute approximate surface area is 106 Å². The molecular weight excluding hydrogens is 245 g/mol. The van der Waals surface area contributed by atoms with Crippen molar-refractivity contribution in [3.05, 3.63) is 33.8 Å². The molecule has 0 bridgehead atoms. The van der Waals surface area contributed by atoms with Crippen LogP contribution in [0.2, 0.25) is 10.0 Å². The van der Waals surface area contributed by atoms with E-state index >= 15 is 0 Å². The van der Waals surface area contributed by atoms with Crippen LogP contribution in [-0.4, -0.2) is 11.7 Å². The standard InChI is InChI=1S/C12H17Cl2NO/c1-7(2)9(6-15)12(16)8-3-4-10(13)11(14)5-8/h3-5,7,9,12,16H,6,15H2,1-2H3. The van der Waals surface area contributed by atoms with E-state index in [-0.39, 0.29) is 5.92 Å². The molecule has 0 saturated carbocycles. The summed E-state index contributed by atoms with van der Waals surface area (Å²) in [4.78, 5) is 0. The van der Waals surface area contributed by atoms with E-state index in [1.165, 1.54) is 0 Å². The summed E-state index contributed by atoms with van der Waals surface area (Å²) in [7, 11) is 0. The zero-order valence-corrected chi connectivity index (χ0v) is 11.0. The van der Waals surface area contributed by atoms with Crippen molar-refractivity contribution >= 4 is 23.2 Å². The van der Waals surface area contributed by atoms with E-state index in [9.17, 15) is 5.11 Å². The van der Waals surface area contributed by atoms with E-state index in [0.717, 1.165) is 5.56 Å². The van der Waals surface area contributed by atoms with Crippen molar-refractivity contribution in [1.29, 1.82) is 0 Å². The lowest BCUT2D eigenvalue weighted by Gasteiger charge is -2.25. The molecule has 1 aromatic carbocycles. The lowest BCUT2D eigenvalue weighted by atomic mass is 9.87. The molecule has 0 amide bonds. The number of rotatable bonds is 4. The Morgan fingerprint density at radius 2 is 1.88 bits per heavy atom. The summed E-state index contributed by atoms with van der Waals surface area (Å²) < 4.78 is 0. The summed E-state index contributed by atoms with van der Waals surface area (Å²) in [5.41, 5.74) is 6.42. The number of benzene rings is 1. The molecule has 0 aliphatic rings. The van der Waals surface area contributed by atoms with Gasteiger partial charge in [-0.3, -0.25) is 0 Å². The van der Waals surface area contributed by atoms with Crippen molar-refractivity contribution < 1.29 is 5.11 Å². The number of aliphatic hydroxyl groups is 1. The molecule has 90 valence electrons. The minimum absolute atomic E-state index is 0.0252. The number of halogens is 2. The quantitative estimate of drug-likeness (QED) is 0.874. The largest absolute Gasteiger partial charge is 0.388 e. The van der Waals surface area contributed by atoms with Crippen molar-refractivity contribution in [3.63, 3.8) is 0 Å². The maximum Gasteiger partial charge on any atom is 0.0833 e. The molecule has 2 unspecified atom stereocenters. The van der Waals surface area contributed by atoms with Gasteiger partial charge in [0, 0.05) is 5.92 Å². The second-order valence-electron chi connectivity index (χ2n) is 4.26. The molecule has 0 spiro atoms. The molecule has 0 fully saturated rings. The van der Waals surface area contributed by atoms with Crippen LogP contribution in [0.4, 0.5) is 0 Å². The third kappa shape index (κ3) is 3.11. The number of hydrogen-bond donors (Lipinski definition) is 2. The highest BCUT2D eigenvalue weighted by Gasteiger charge is 2.23. The molecule has 0 aromatic heterocycles. The molecule has 0 radical (unpaired) electrons. The van der Waals surface area contributed by atoms with Gasteiger partial charge in [0.05, 0.1) is 16.1 Å². The van der Waals surface area contributed by atoms with Crippen molar-refractivity contribution in [2.45, 2.75) is 20.0 Å². The SMILES string of the molecule is CC(C)C(CN)C(O)c1ccc(Cl)c(Cl)c1. The van der Waals surface area contributed by atoms with Crippen molar-refractivity contribution in [1.82, 2.24) is 0 Å². The summed E-state index contributed by atoms with van der Waals surface area (Å²) in [6, 6.07) is 5.17. The van der Waals surface area contributed by atoms with Gasteiger partial charge in [0.1, 0.15) is 0 Å². The van der Waals surface area contributed by atoms with Crippen LogP contribution in [0.15, 0.2) is 18.2 Å². The zero-order valence-electron chi connectivity index (χ0n) is 9.45. The second-order valence-corrected chi connectivity index (χ2v) is 5.08. The average molecular weight is 262 g/mol. The maximum atomic E-state index is 10.2. The molecule has 0 heterocycles. The smallest absolute Gasteiger partial charge is 0.0833 e. The van der Waals surface area contributed by atoms with Crippen molar-refractivity contribution in [2.75, 3.05) is 6.54 Å². The Hall–Kier alpha value is -0.280. The predicted molar refractivity (Wildman–Crippen MR) is 68.8 cm³/mol. The van der Waals surface area contributed by atoms with E-state index in [2.05, 4.69) is 0 Å².